The van der Waals surface area contributed by atoms with Crippen molar-refractivity contribution >= 4 is 28.7 Å². The van der Waals surface area contributed by atoms with Crippen LogP contribution in [0.15, 0.2) is 62.6 Å². The number of fused-ring (bicyclic) bond motifs is 1. The van der Waals surface area contributed by atoms with Gasteiger partial charge in [0.15, 0.2) is 0 Å². The molecule has 3 aromatic rings. The molecule has 0 spiro atoms. The van der Waals surface area contributed by atoms with E-state index < -0.39 is 5.63 Å². The van der Waals surface area contributed by atoms with Crippen LogP contribution in [0.1, 0.15) is 16.7 Å². The van der Waals surface area contributed by atoms with Gasteiger partial charge in [-0.15, -0.1) is 11.8 Å². The maximum Gasteiger partial charge on any atom is 0.336 e. The van der Waals surface area contributed by atoms with E-state index in [9.17, 15) is 9.59 Å². The molecule has 0 bridgehead atoms. The van der Waals surface area contributed by atoms with Crippen LogP contribution in [-0.4, -0.2) is 11.7 Å². The van der Waals surface area contributed by atoms with Crippen LogP contribution in [0.2, 0.25) is 0 Å². The summed E-state index contributed by atoms with van der Waals surface area (Å²) in [5, 5.41) is 0.797. The first kappa shape index (κ1) is 17.3. The van der Waals surface area contributed by atoms with E-state index in [4.69, 9.17) is 9.15 Å². The zero-order valence-electron chi connectivity index (χ0n) is 14.1. The van der Waals surface area contributed by atoms with Gasteiger partial charge in [-0.1, -0.05) is 30.3 Å². The predicted molar refractivity (Wildman–Crippen MR) is 98.9 cm³/mol. The Morgan fingerprint density at radius 3 is 2.64 bits per heavy atom. The molecule has 25 heavy (non-hydrogen) atoms. The lowest BCUT2D eigenvalue weighted by Gasteiger charge is -2.09. The third-order valence-corrected chi connectivity index (χ3v) is 4.99. The highest BCUT2D eigenvalue weighted by atomic mass is 32.2. The Hall–Kier alpha value is -2.53. The van der Waals surface area contributed by atoms with Crippen molar-refractivity contribution in [2.24, 2.45) is 0 Å². The van der Waals surface area contributed by atoms with E-state index in [0.717, 1.165) is 21.4 Å². The van der Waals surface area contributed by atoms with E-state index in [2.05, 4.69) is 0 Å². The summed E-state index contributed by atoms with van der Waals surface area (Å²) in [5.41, 5.74) is 2.74. The zero-order valence-corrected chi connectivity index (χ0v) is 14.9. The van der Waals surface area contributed by atoms with Crippen molar-refractivity contribution in [3.05, 3.63) is 75.6 Å². The number of thioether (sulfide) groups is 1. The van der Waals surface area contributed by atoms with Crippen molar-refractivity contribution in [2.75, 3.05) is 5.75 Å². The van der Waals surface area contributed by atoms with E-state index in [-0.39, 0.29) is 18.3 Å². The molecule has 0 unspecified atom stereocenters. The average Bonchev–Trinajstić information content (AvgIpc) is 2.62. The second-order valence-electron chi connectivity index (χ2n) is 5.74. The van der Waals surface area contributed by atoms with Crippen LogP contribution in [0.25, 0.3) is 11.0 Å². The van der Waals surface area contributed by atoms with Crippen molar-refractivity contribution in [2.45, 2.75) is 25.3 Å². The number of ether oxygens (including phenoxy) is 1. The van der Waals surface area contributed by atoms with Gasteiger partial charge in [0.05, 0.1) is 5.75 Å². The van der Waals surface area contributed by atoms with Crippen LogP contribution in [0.5, 0.6) is 0 Å². The Morgan fingerprint density at radius 2 is 1.88 bits per heavy atom. The Kier molecular flexibility index (Phi) is 5.24. The van der Waals surface area contributed by atoms with Gasteiger partial charge in [-0.25, -0.2) is 4.79 Å². The predicted octanol–water partition coefficient (Wildman–Crippen LogP) is 4.25. The molecule has 5 heteroatoms. The van der Waals surface area contributed by atoms with Gasteiger partial charge in [0, 0.05) is 21.9 Å². The minimum absolute atomic E-state index is 0.0543. The normalized spacial score (nSPS) is 10.8. The largest absolute Gasteiger partial charge is 0.460 e. The molecule has 0 saturated carbocycles. The highest BCUT2D eigenvalue weighted by Gasteiger charge is 2.12. The molecule has 0 N–H and O–H groups in total. The molecule has 0 aliphatic heterocycles. The van der Waals surface area contributed by atoms with Crippen LogP contribution >= 0.6 is 11.8 Å². The molecule has 0 aliphatic carbocycles. The Balaban J connectivity index is 1.72. The minimum Gasteiger partial charge on any atom is -0.460 e. The summed E-state index contributed by atoms with van der Waals surface area (Å²) in [6.45, 7) is 3.92. The summed E-state index contributed by atoms with van der Waals surface area (Å²) in [7, 11) is 0. The monoisotopic (exact) mass is 354 g/mol. The fraction of sp³-hybridized carbons (Fsp3) is 0.200. The third kappa shape index (κ3) is 4.12. The van der Waals surface area contributed by atoms with E-state index in [1.54, 1.807) is 0 Å². The summed E-state index contributed by atoms with van der Waals surface area (Å²) in [5.74, 6) is -0.0966. The van der Waals surface area contributed by atoms with Gasteiger partial charge in [0.2, 0.25) is 0 Å². The van der Waals surface area contributed by atoms with Crippen molar-refractivity contribution in [3.63, 3.8) is 0 Å². The van der Waals surface area contributed by atoms with Crippen molar-refractivity contribution in [1.29, 1.82) is 0 Å². The number of hydrogen-bond donors (Lipinski definition) is 0. The molecule has 1 aromatic heterocycles. The summed E-state index contributed by atoms with van der Waals surface area (Å²) >= 11 is 1.42. The van der Waals surface area contributed by atoms with Gasteiger partial charge in [-0.3, -0.25) is 4.79 Å². The van der Waals surface area contributed by atoms with Crippen LogP contribution in [0, 0.1) is 13.8 Å². The first-order valence-corrected chi connectivity index (χ1v) is 8.89. The standard InChI is InChI=1S/C20H18O4S/c1-13-8-9-17-15(10-18(21)24-20(17)14(13)2)11-23-19(22)12-25-16-6-4-3-5-7-16/h3-10H,11-12H2,1-2H3. The van der Waals surface area contributed by atoms with Crippen LogP contribution in [0.4, 0.5) is 0 Å². The average molecular weight is 354 g/mol. The molecule has 0 radical (unpaired) electrons. The SMILES string of the molecule is Cc1ccc2c(COC(=O)CSc3ccccc3)cc(=O)oc2c1C. The fourth-order valence-electron chi connectivity index (χ4n) is 2.50. The van der Waals surface area contributed by atoms with E-state index in [1.807, 2.05) is 56.3 Å². The summed E-state index contributed by atoms with van der Waals surface area (Å²) < 4.78 is 10.7. The van der Waals surface area contributed by atoms with Gasteiger partial charge in [0.1, 0.15) is 12.2 Å². The maximum atomic E-state index is 12.0. The highest BCUT2D eigenvalue weighted by Crippen LogP contribution is 2.24. The van der Waals surface area contributed by atoms with E-state index in [1.165, 1.54) is 17.8 Å². The Labute approximate surface area is 149 Å². The molecule has 128 valence electrons. The lowest BCUT2D eigenvalue weighted by atomic mass is 10.0. The van der Waals surface area contributed by atoms with Gasteiger partial charge >= 0.3 is 11.6 Å². The molecule has 0 aliphatic rings. The number of rotatable bonds is 5. The van der Waals surface area contributed by atoms with Crippen LogP contribution < -0.4 is 5.63 Å². The van der Waals surface area contributed by atoms with Crippen molar-refractivity contribution in [1.82, 2.24) is 0 Å². The number of esters is 1. The molecule has 0 amide bonds. The highest BCUT2D eigenvalue weighted by molar-refractivity contribution is 8.00. The van der Waals surface area contributed by atoms with Crippen LogP contribution in [0.3, 0.4) is 0 Å². The lowest BCUT2D eigenvalue weighted by molar-refractivity contribution is -0.141. The first-order chi connectivity index (χ1) is 12.0. The maximum absolute atomic E-state index is 12.0. The molecule has 2 aromatic carbocycles. The molecule has 4 nitrogen and oxygen atoms in total. The Morgan fingerprint density at radius 1 is 1.12 bits per heavy atom. The van der Waals surface area contributed by atoms with Crippen LogP contribution in [-0.2, 0) is 16.1 Å². The number of carbonyl (C=O) groups is 1. The molecular formula is C20H18O4S. The van der Waals surface area contributed by atoms with Gasteiger partial charge in [-0.05, 0) is 37.1 Å². The van der Waals surface area contributed by atoms with Gasteiger partial charge in [-0.2, -0.15) is 0 Å². The Bertz CT molecular complexity index is 961. The number of aryl methyl sites for hydroxylation is 2. The van der Waals surface area contributed by atoms with Crippen molar-refractivity contribution in [3.8, 4) is 0 Å². The number of carbonyl (C=O) groups excluding carboxylic acids is 1. The van der Waals surface area contributed by atoms with E-state index in [0.29, 0.717) is 11.1 Å². The first-order valence-electron chi connectivity index (χ1n) is 7.91. The quantitative estimate of drug-likeness (QED) is 0.390. The molecule has 3 rings (SSSR count). The molecule has 0 fully saturated rings. The lowest BCUT2D eigenvalue weighted by Crippen LogP contribution is -2.09. The minimum atomic E-state index is -0.439. The summed E-state index contributed by atoms with van der Waals surface area (Å²) in [4.78, 5) is 24.8. The smallest absolute Gasteiger partial charge is 0.336 e. The topological polar surface area (TPSA) is 56.5 Å². The van der Waals surface area contributed by atoms with Gasteiger partial charge in [0.25, 0.3) is 0 Å². The molecular weight excluding hydrogens is 336 g/mol. The molecule has 0 atom stereocenters. The number of hydrogen-bond acceptors (Lipinski definition) is 5. The fourth-order valence-corrected chi connectivity index (χ4v) is 3.22. The summed E-state index contributed by atoms with van der Waals surface area (Å²) in [6.07, 6.45) is 0. The van der Waals surface area contributed by atoms with Crippen molar-refractivity contribution < 1.29 is 13.9 Å². The second-order valence-corrected chi connectivity index (χ2v) is 6.79. The third-order valence-electron chi connectivity index (χ3n) is 4.01. The second kappa shape index (κ2) is 7.57. The zero-order chi connectivity index (χ0) is 17.8. The van der Waals surface area contributed by atoms with Gasteiger partial charge < -0.3 is 9.15 Å². The van der Waals surface area contributed by atoms with E-state index >= 15 is 0 Å². The summed E-state index contributed by atoms with van der Waals surface area (Å²) in [6, 6.07) is 14.9. The number of benzene rings is 2. The molecule has 0 saturated heterocycles. The molecule has 1 heterocycles.